The molecule has 0 saturated heterocycles. The number of carbonyl (C=O) groups is 1. The number of aryl methyl sites for hydroxylation is 1. The van der Waals surface area contributed by atoms with Gasteiger partial charge in [-0.25, -0.2) is 4.79 Å². The number of carbonyl (C=O) groups excluding carboxylic acids is 1. The van der Waals surface area contributed by atoms with Crippen LogP contribution in [0.2, 0.25) is 0 Å². The maximum absolute atomic E-state index is 11.7. The molecule has 1 rings (SSSR count). The molecule has 0 spiro atoms. The third-order valence-electron chi connectivity index (χ3n) is 2.46. The summed E-state index contributed by atoms with van der Waals surface area (Å²) in [7, 11) is 0. The standard InChI is InChI=1S/C14H20O3/c1-4-16-13(14(15)17-5-2)10-12-8-6-11(3)7-9-12/h6-9,13H,4-5,10H2,1-3H3. The molecule has 17 heavy (non-hydrogen) atoms. The Hall–Kier alpha value is -1.35. The Morgan fingerprint density at radius 3 is 2.35 bits per heavy atom. The highest BCUT2D eigenvalue weighted by Crippen LogP contribution is 2.09. The molecule has 0 amide bonds. The Balaban J connectivity index is 2.65. The van der Waals surface area contributed by atoms with Crippen molar-refractivity contribution in [2.45, 2.75) is 33.3 Å². The van der Waals surface area contributed by atoms with E-state index in [0.29, 0.717) is 19.6 Å². The van der Waals surface area contributed by atoms with E-state index < -0.39 is 6.10 Å². The summed E-state index contributed by atoms with van der Waals surface area (Å²) in [6.45, 7) is 6.61. The van der Waals surface area contributed by atoms with Crippen molar-refractivity contribution in [3.63, 3.8) is 0 Å². The normalized spacial score (nSPS) is 12.2. The molecule has 0 radical (unpaired) electrons. The lowest BCUT2D eigenvalue weighted by molar-refractivity contribution is -0.156. The maximum atomic E-state index is 11.7. The van der Waals surface area contributed by atoms with Crippen LogP contribution < -0.4 is 0 Å². The van der Waals surface area contributed by atoms with Crippen molar-refractivity contribution in [1.82, 2.24) is 0 Å². The topological polar surface area (TPSA) is 35.5 Å². The van der Waals surface area contributed by atoms with Crippen LogP contribution in [0.1, 0.15) is 25.0 Å². The highest BCUT2D eigenvalue weighted by Gasteiger charge is 2.20. The zero-order valence-electron chi connectivity index (χ0n) is 10.7. The highest BCUT2D eigenvalue weighted by molar-refractivity contribution is 5.75. The van der Waals surface area contributed by atoms with Crippen LogP contribution in [0, 0.1) is 6.92 Å². The van der Waals surface area contributed by atoms with E-state index in [0.717, 1.165) is 5.56 Å². The van der Waals surface area contributed by atoms with E-state index in [4.69, 9.17) is 9.47 Å². The molecule has 0 heterocycles. The van der Waals surface area contributed by atoms with Gasteiger partial charge in [-0.15, -0.1) is 0 Å². The van der Waals surface area contributed by atoms with Gasteiger partial charge in [0.05, 0.1) is 6.61 Å². The average molecular weight is 236 g/mol. The Morgan fingerprint density at radius 1 is 1.18 bits per heavy atom. The smallest absolute Gasteiger partial charge is 0.335 e. The summed E-state index contributed by atoms with van der Waals surface area (Å²) in [5.41, 5.74) is 2.29. The van der Waals surface area contributed by atoms with Crippen molar-refractivity contribution in [2.75, 3.05) is 13.2 Å². The molecule has 0 aliphatic rings. The Bertz CT molecular complexity index is 343. The second kappa shape index (κ2) is 7.07. The van der Waals surface area contributed by atoms with E-state index in [1.165, 1.54) is 5.56 Å². The van der Waals surface area contributed by atoms with Gasteiger partial charge in [0, 0.05) is 13.0 Å². The summed E-state index contributed by atoms with van der Waals surface area (Å²) >= 11 is 0. The highest BCUT2D eigenvalue weighted by atomic mass is 16.6. The van der Waals surface area contributed by atoms with Gasteiger partial charge in [-0.05, 0) is 26.3 Å². The fourth-order valence-electron chi connectivity index (χ4n) is 1.58. The third-order valence-corrected chi connectivity index (χ3v) is 2.46. The molecule has 0 aliphatic carbocycles. The molecule has 1 unspecified atom stereocenters. The summed E-state index contributed by atoms with van der Waals surface area (Å²) in [6, 6.07) is 8.09. The molecule has 0 bridgehead atoms. The quantitative estimate of drug-likeness (QED) is 0.712. The molecule has 94 valence electrons. The molecule has 1 aromatic rings. The first-order valence-corrected chi connectivity index (χ1v) is 6.01. The average Bonchev–Trinajstić information content (AvgIpc) is 2.31. The van der Waals surface area contributed by atoms with Gasteiger partial charge in [0.25, 0.3) is 0 Å². The van der Waals surface area contributed by atoms with Crippen LogP contribution in [0.5, 0.6) is 0 Å². The zero-order chi connectivity index (χ0) is 12.7. The number of benzene rings is 1. The van der Waals surface area contributed by atoms with E-state index in [2.05, 4.69) is 0 Å². The van der Waals surface area contributed by atoms with Gasteiger partial charge in [0.15, 0.2) is 6.10 Å². The number of esters is 1. The van der Waals surface area contributed by atoms with Gasteiger partial charge in [-0.2, -0.15) is 0 Å². The summed E-state index contributed by atoms with van der Waals surface area (Å²) in [6.07, 6.45) is 0.0649. The minimum atomic E-state index is -0.498. The molecular formula is C14H20O3. The minimum absolute atomic E-state index is 0.282. The van der Waals surface area contributed by atoms with E-state index in [1.54, 1.807) is 6.92 Å². The van der Waals surface area contributed by atoms with Crippen LogP contribution in [0.25, 0.3) is 0 Å². The molecule has 0 aromatic heterocycles. The number of hydrogen-bond donors (Lipinski definition) is 0. The Kier molecular flexibility index (Phi) is 5.70. The molecule has 1 aromatic carbocycles. The Morgan fingerprint density at radius 2 is 1.82 bits per heavy atom. The van der Waals surface area contributed by atoms with Gasteiger partial charge in [-0.1, -0.05) is 29.8 Å². The number of ether oxygens (including phenoxy) is 2. The van der Waals surface area contributed by atoms with Crippen molar-refractivity contribution in [3.8, 4) is 0 Å². The monoisotopic (exact) mass is 236 g/mol. The SMILES string of the molecule is CCOC(=O)C(Cc1ccc(C)cc1)OCC. The van der Waals surface area contributed by atoms with Crippen molar-refractivity contribution < 1.29 is 14.3 Å². The zero-order valence-corrected chi connectivity index (χ0v) is 10.7. The lowest BCUT2D eigenvalue weighted by atomic mass is 10.1. The summed E-state index contributed by atoms with van der Waals surface area (Å²) < 4.78 is 10.4. The minimum Gasteiger partial charge on any atom is -0.464 e. The van der Waals surface area contributed by atoms with E-state index in [9.17, 15) is 4.79 Å². The van der Waals surface area contributed by atoms with Gasteiger partial charge < -0.3 is 9.47 Å². The lowest BCUT2D eigenvalue weighted by Crippen LogP contribution is -2.28. The van der Waals surface area contributed by atoms with Crippen molar-refractivity contribution >= 4 is 5.97 Å². The summed E-state index contributed by atoms with van der Waals surface area (Å²) in [4.78, 5) is 11.7. The first-order chi connectivity index (χ1) is 8.17. The second-order valence-corrected chi connectivity index (χ2v) is 3.89. The summed E-state index contributed by atoms with van der Waals surface area (Å²) in [5, 5.41) is 0. The van der Waals surface area contributed by atoms with E-state index in [1.807, 2.05) is 38.1 Å². The van der Waals surface area contributed by atoms with Crippen LogP contribution >= 0.6 is 0 Å². The maximum Gasteiger partial charge on any atom is 0.335 e. The van der Waals surface area contributed by atoms with E-state index in [-0.39, 0.29) is 5.97 Å². The van der Waals surface area contributed by atoms with Crippen LogP contribution in [-0.4, -0.2) is 25.3 Å². The molecule has 0 N–H and O–H groups in total. The van der Waals surface area contributed by atoms with Gasteiger partial charge in [0.2, 0.25) is 0 Å². The fourth-order valence-corrected chi connectivity index (χ4v) is 1.58. The van der Waals surface area contributed by atoms with Crippen LogP contribution in [0.15, 0.2) is 24.3 Å². The first-order valence-electron chi connectivity index (χ1n) is 6.01. The molecule has 3 heteroatoms. The fraction of sp³-hybridized carbons (Fsp3) is 0.500. The second-order valence-electron chi connectivity index (χ2n) is 3.89. The first kappa shape index (κ1) is 13.7. The van der Waals surface area contributed by atoms with Crippen molar-refractivity contribution in [1.29, 1.82) is 0 Å². The van der Waals surface area contributed by atoms with E-state index >= 15 is 0 Å². The van der Waals surface area contributed by atoms with Crippen LogP contribution in [-0.2, 0) is 20.7 Å². The molecule has 1 atom stereocenters. The van der Waals surface area contributed by atoms with Crippen molar-refractivity contribution in [3.05, 3.63) is 35.4 Å². The van der Waals surface area contributed by atoms with Crippen LogP contribution in [0.3, 0.4) is 0 Å². The molecule has 0 saturated carbocycles. The third kappa shape index (κ3) is 4.57. The molecular weight excluding hydrogens is 216 g/mol. The van der Waals surface area contributed by atoms with Gasteiger partial charge in [-0.3, -0.25) is 0 Å². The molecule has 3 nitrogen and oxygen atoms in total. The van der Waals surface area contributed by atoms with Gasteiger partial charge in [0.1, 0.15) is 0 Å². The lowest BCUT2D eigenvalue weighted by Gasteiger charge is -2.15. The number of hydrogen-bond acceptors (Lipinski definition) is 3. The molecule has 0 aliphatic heterocycles. The molecule has 0 fully saturated rings. The van der Waals surface area contributed by atoms with Crippen LogP contribution in [0.4, 0.5) is 0 Å². The number of rotatable bonds is 6. The van der Waals surface area contributed by atoms with Gasteiger partial charge >= 0.3 is 5.97 Å². The Labute approximate surface area is 103 Å². The predicted octanol–water partition coefficient (Wildman–Crippen LogP) is 2.51. The largest absolute Gasteiger partial charge is 0.464 e. The van der Waals surface area contributed by atoms with Crippen molar-refractivity contribution in [2.24, 2.45) is 0 Å². The summed E-state index contributed by atoms with van der Waals surface area (Å²) in [5.74, 6) is -0.282. The predicted molar refractivity (Wildman–Crippen MR) is 66.9 cm³/mol.